The number of halogens is 1. The molecule has 0 aliphatic carbocycles. The SMILES string of the molecule is COc1ccc(CCNCCNCCOc2ccc(Cl)cc2)cc1OC. The van der Waals surface area contributed by atoms with E-state index in [2.05, 4.69) is 16.7 Å². The first-order chi connectivity index (χ1) is 12.7. The Hall–Kier alpha value is -1.95. The van der Waals surface area contributed by atoms with E-state index in [1.807, 2.05) is 36.4 Å². The lowest BCUT2D eigenvalue weighted by atomic mass is 10.1. The molecular formula is C20H27ClN2O3. The predicted molar refractivity (Wildman–Crippen MR) is 106 cm³/mol. The van der Waals surface area contributed by atoms with E-state index >= 15 is 0 Å². The Kier molecular flexibility index (Phi) is 9.10. The highest BCUT2D eigenvalue weighted by Gasteiger charge is 2.04. The van der Waals surface area contributed by atoms with Crippen molar-refractivity contribution in [3.05, 3.63) is 53.1 Å². The maximum absolute atomic E-state index is 5.84. The van der Waals surface area contributed by atoms with Crippen LogP contribution < -0.4 is 24.8 Å². The molecule has 0 aliphatic rings. The molecule has 5 nitrogen and oxygen atoms in total. The molecule has 0 aromatic heterocycles. The Morgan fingerprint density at radius 3 is 2.19 bits per heavy atom. The maximum atomic E-state index is 5.84. The molecule has 2 N–H and O–H groups in total. The molecule has 142 valence electrons. The van der Waals surface area contributed by atoms with Gasteiger partial charge in [-0.1, -0.05) is 17.7 Å². The van der Waals surface area contributed by atoms with Gasteiger partial charge in [0, 0.05) is 24.7 Å². The smallest absolute Gasteiger partial charge is 0.160 e. The second-order valence-corrected chi connectivity index (χ2v) is 6.18. The molecule has 6 heteroatoms. The summed E-state index contributed by atoms with van der Waals surface area (Å²) in [6.07, 6.45) is 0.944. The summed E-state index contributed by atoms with van der Waals surface area (Å²) in [6.45, 7) is 4.16. The lowest BCUT2D eigenvalue weighted by Gasteiger charge is -2.10. The largest absolute Gasteiger partial charge is 0.493 e. The molecule has 0 saturated heterocycles. The topological polar surface area (TPSA) is 51.8 Å². The van der Waals surface area contributed by atoms with Gasteiger partial charge in [0.15, 0.2) is 11.5 Å². The Morgan fingerprint density at radius 2 is 1.50 bits per heavy atom. The molecule has 0 unspecified atom stereocenters. The zero-order valence-electron chi connectivity index (χ0n) is 15.4. The van der Waals surface area contributed by atoms with Gasteiger partial charge < -0.3 is 24.8 Å². The average molecular weight is 379 g/mol. The van der Waals surface area contributed by atoms with E-state index in [1.54, 1.807) is 14.2 Å². The van der Waals surface area contributed by atoms with Crippen LogP contribution in [0.4, 0.5) is 0 Å². The summed E-state index contributed by atoms with van der Waals surface area (Å²) < 4.78 is 16.2. The highest BCUT2D eigenvalue weighted by Crippen LogP contribution is 2.27. The van der Waals surface area contributed by atoms with Gasteiger partial charge in [-0.05, 0) is 54.9 Å². The van der Waals surface area contributed by atoms with Crippen LogP contribution in [0.25, 0.3) is 0 Å². The summed E-state index contributed by atoms with van der Waals surface area (Å²) in [5, 5.41) is 7.49. The Bertz CT molecular complexity index is 650. The predicted octanol–water partition coefficient (Wildman–Crippen LogP) is 3.16. The molecule has 0 heterocycles. The third-order valence-electron chi connectivity index (χ3n) is 3.88. The van der Waals surface area contributed by atoms with Crippen molar-refractivity contribution < 1.29 is 14.2 Å². The quantitative estimate of drug-likeness (QED) is 0.556. The van der Waals surface area contributed by atoms with E-state index in [4.69, 9.17) is 25.8 Å². The van der Waals surface area contributed by atoms with Crippen molar-refractivity contribution in [2.24, 2.45) is 0 Å². The molecule has 0 amide bonds. The fourth-order valence-electron chi connectivity index (χ4n) is 2.47. The molecule has 2 rings (SSSR count). The molecule has 0 fully saturated rings. The van der Waals surface area contributed by atoms with Gasteiger partial charge in [0.1, 0.15) is 12.4 Å². The monoisotopic (exact) mass is 378 g/mol. The van der Waals surface area contributed by atoms with Crippen LogP contribution in [-0.4, -0.2) is 47.0 Å². The van der Waals surface area contributed by atoms with Crippen molar-refractivity contribution in [1.29, 1.82) is 0 Å². The zero-order valence-corrected chi connectivity index (χ0v) is 16.1. The molecular weight excluding hydrogens is 352 g/mol. The Balaban J connectivity index is 1.51. The minimum atomic E-state index is 0.632. The second kappa shape index (κ2) is 11.6. The molecule has 0 aliphatic heterocycles. The van der Waals surface area contributed by atoms with Crippen LogP contribution in [0.5, 0.6) is 17.2 Å². The van der Waals surface area contributed by atoms with E-state index in [1.165, 1.54) is 5.56 Å². The van der Waals surface area contributed by atoms with E-state index in [9.17, 15) is 0 Å². The van der Waals surface area contributed by atoms with Crippen molar-refractivity contribution in [3.8, 4) is 17.2 Å². The van der Waals surface area contributed by atoms with Crippen LogP contribution in [0.2, 0.25) is 5.02 Å². The van der Waals surface area contributed by atoms with Crippen LogP contribution >= 0.6 is 11.6 Å². The maximum Gasteiger partial charge on any atom is 0.160 e. The van der Waals surface area contributed by atoms with Gasteiger partial charge in [-0.3, -0.25) is 0 Å². The highest BCUT2D eigenvalue weighted by molar-refractivity contribution is 6.30. The summed E-state index contributed by atoms with van der Waals surface area (Å²) in [5.74, 6) is 2.37. The summed E-state index contributed by atoms with van der Waals surface area (Å²) in [5.41, 5.74) is 1.22. The van der Waals surface area contributed by atoms with Crippen LogP contribution in [0.1, 0.15) is 5.56 Å². The first-order valence-electron chi connectivity index (χ1n) is 8.73. The van der Waals surface area contributed by atoms with Crippen LogP contribution in [-0.2, 0) is 6.42 Å². The van der Waals surface area contributed by atoms with Gasteiger partial charge in [0.25, 0.3) is 0 Å². The van der Waals surface area contributed by atoms with Crippen molar-refractivity contribution in [2.45, 2.75) is 6.42 Å². The lowest BCUT2D eigenvalue weighted by Crippen LogP contribution is -2.31. The van der Waals surface area contributed by atoms with Gasteiger partial charge in [-0.2, -0.15) is 0 Å². The summed E-state index contributed by atoms with van der Waals surface area (Å²) in [6, 6.07) is 13.4. The zero-order chi connectivity index (χ0) is 18.6. The first-order valence-corrected chi connectivity index (χ1v) is 9.11. The molecule has 2 aromatic rings. The van der Waals surface area contributed by atoms with Gasteiger partial charge in [0.05, 0.1) is 14.2 Å². The fourth-order valence-corrected chi connectivity index (χ4v) is 2.59. The molecule has 0 atom stereocenters. The number of nitrogens with one attached hydrogen (secondary N) is 2. The lowest BCUT2D eigenvalue weighted by molar-refractivity contribution is 0.314. The van der Waals surface area contributed by atoms with Gasteiger partial charge in [-0.25, -0.2) is 0 Å². The minimum Gasteiger partial charge on any atom is -0.493 e. The normalized spacial score (nSPS) is 10.6. The standard InChI is InChI=1S/C20H27ClN2O3/c1-24-19-8-3-16(15-20(19)25-2)9-10-22-11-12-23-13-14-26-18-6-4-17(21)5-7-18/h3-8,15,22-23H,9-14H2,1-2H3. The van der Waals surface area contributed by atoms with Crippen LogP contribution in [0.15, 0.2) is 42.5 Å². The van der Waals surface area contributed by atoms with E-state index in [0.717, 1.165) is 54.9 Å². The summed E-state index contributed by atoms with van der Waals surface area (Å²) >= 11 is 5.84. The first kappa shape index (κ1) is 20.4. The van der Waals surface area contributed by atoms with E-state index in [-0.39, 0.29) is 0 Å². The van der Waals surface area contributed by atoms with Crippen molar-refractivity contribution in [1.82, 2.24) is 10.6 Å². The number of hydrogen-bond acceptors (Lipinski definition) is 5. The van der Waals surface area contributed by atoms with Crippen molar-refractivity contribution in [3.63, 3.8) is 0 Å². The molecule has 0 radical (unpaired) electrons. The number of methoxy groups -OCH3 is 2. The van der Waals surface area contributed by atoms with Crippen molar-refractivity contribution >= 4 is 11.6 Å². The van der Waals surface area contributed by atoms with E-state index in [0.29, 0.717) is 6.61 Å². The van der Waals surface area contributed by atoms with Gasteiger partial charge >= 0.3 is 0 Å². The average Bonchev–Trinajstić information content (AvgIpc) is 2.67. The minimum absolute atomic E-state index is 0.632. The Morgan fingerprint density at radius 1 is 0.808 bits per heavy atom. The third-order valence-corrected chi connectivity index (χ3v) is 4.13. The second-order valence-electron chi connectivity index (χ2n) is 5.74. The number of benzene rings is 2. The Labute approximate surface area is 160 Å². The number of hydrogen-bond donors (Lipinski definition) is 2. The fraction of sp³-hybridized carbons (Fsp3) is 0.400. The van der Waals surface area contributed by atoms with Gasteiger partial charge in [-0.15, -0.1) is 0 Å². The van der Waals surface area contributed by atoms with Crippen LogP contribution in [0.3, 0.4) is 0 Å². The van der Waals surface area contributed by atoms with Gasteiger partial charge in [0.2, 0.25) is 0 Å². The summed E-state index contributed by atoms with van der Waals surface area (Å²) in [4.78, 5) is 0. The molecule has 0 spiro atoms. The number of rotatable bonds is 12. The summed E-state index contributed by atoms with van der Waals surface area (Å²) in [7, 11) is 3.30. The molecule has 0 saturated carbocycles. The molecule has 2 aromatic carbocycles. The molecule has 26 heavy (non-hydrogen) atoms. The highest BCUT2D eigenvalue weighted by atomic mass is 35.5. The van der Waals surface area contributed by atoms with Crippen LogP contribution in [0, 0.1) is 0 Å². The third kappa shape index (κ3) is 7.12. The van der Waals surface area contributed by atoms with Crippen molar-refractivity contribution in [2.75, 3.05) is 47.0 Å². The molecule has 0 bridgehead atoms. The van der Waals surface area contributed by atoms with E-state index < -0.39 is 0 Å². The number of ether oxygens (including phenoxy) is 3.